The van der Waals surface area contributed by atoms with Gasteiger partial charge in [0.15, 0.2) is 0 Å². The molecule has 2 rings (SSSR count). The van der Waals surface area contributed by atoms with Crippen LogP contribution < -0.4 is 15.4 Å². The number of hydrogen-bond donors (Lipinski definition) is 3. The van der Waals surface area contributed by atoms with Crippen LogP contribution in [0.5, 0.6) is 5.75 Å². The Bertz CT molecular complexity index is 664. The molecule has 23 heavy (non-hydrogen) atoms. The fourth-order valence-electron chi connectivity index (χ4n) is 2.06. The number of nitrogens with one attached hydrogen (secondary N) is 2. The highest BCUT2D eigenvalue weighted by molar-refractivity contribution is 5.90. The lowest BCUT2D eigenvalue weighted by molar-refractivity contribution is 0.170. The van der Waals surface area contributed by atoms with Gasteiger partial charge in [-0.2, -0.15) is 0 Å². The Morgan fingerprint density at radius 1 is 1.22 bits per heavy atom. The van der Waals surface area contributed by atoms with E-state index in [0.717, 1.165) is 0 Å². The van der Waals surface area contributed by atoms with Crippen LogP contribution in [0.3, 0.4) is 0 Å². The molecule has 0 saturated carbocycles. The molecule has 2 aromatic rings. The molecule has 5 nitrogen and oxygen atoms in total. The van der Waals surface area contributed by atoms with Crippen LogP contribution in [0.1, 0.15) is 18.6 Å². The second-order valence-corrected chi connectivity index (χ2v) is 4.80. The molecule has 0 saturated heterocycles. The minimum Gasteiger partial charge on any atom is -0.492 e. The number of benzene rings is 2. The van der Waals surface area contributed by atoms with E-state index in [1.807, 2.05) is 6.92 Å². The van der Waals surface area contributed by atoms with E-state index < -0.39 is 18.0 Å². The van der Waals surface area contributed by atoms with Gasteiger partial charge in [-0.1, -0.05) is 30.3 Å². The number of urea groups is 1. The molecular weight excluding hydrogens is 299 g/mol. The van der Waals surface area contributed by atoms with Gasteiger partial charge in [-0.25, -0.2) is 9.18 Å². The third-order valence-electron chi connectivity index (χ3n) is 3.16. The van der Waals surface area contributed by atoms with Gasteiger partial charge < -0.3 is 20.5 Å². The number of aliphatic hydroxyl groups excluding tert-OH is 1. The third-order valence-corrected chi connectivity index (χ3v) is 3.16. The molecule has 0 aromatic heterocycles. The molecule has 2 aromatic carbocycles. The van der Waals surface area contributed by atoms with E-state index in [1.54, 1.807) is 30.3 Å². The quantitative estimate of drug-likeness (QED) is 0.766. The molecule has 6 heteroatoms. The summed E-state index contributed by atoms with van der Waals surface area (Å²) in [4.78, 5) is 11.9. The fourth-order valence-corrected chi connectivity index (χ4v) is 2.06. The van der Waals surface area contributed by atoms with Gasteiger partial charge in [0.2, 0.25) is 0 Å². The normalized spacial score (nSPS) is 11.6. The van der Waals surface area contributed by atoms with Crippen LogP contribution in [0.25, 0.3) is 0 Å². The Morgan fingerprint density at radius 3 is 2.65 bits per heavy atom. The standard InChI is InChI=1S/C17H19FN2O3/c1-2-23-16-10-6-5-9-14(16)20-17(22)19-11-15(21)12-7-3-4-8-13(12)18/h3-10,15,21H,2,11H2,1H3,(H2,19,20,22). The van der Waals surface area contributed by atoms with E-state index in [9.17, 15) is 14.3 Å². The van der Waals surface area contributed by atoms with Gasteiger partial charge in [-0.3, -0.25) is 0 Å². The van der Waals surface area contributed by atoms with Crippen LogP contribution in [0.4, 0.5) is 14.9 Å². The van der Waals surface area contributed by atoms with Crippen molar-refractivity contribution in [2.24, 2.45) is 0 Å². The number of rotatable bonds is 6. The zero-order chi connectivity index (χ0) is 16.7. The van der Waals surface area contributed by atoms with Crippen LogP contribution in [0.15, 0.2) is 48.5 Å². The van der Waals surface area contributed by atoms with E-state index in [-0.39, 0.29) is 12.1 Å². The summed E-state index contributed by atoms with van der Waals surface area (Å²) in [5.74, 6) is 0.0451. The highest BCUT2D eigenvalue weighted by atomic mass is 19.1. The maximum Gasteiger partial charge on any atom is 0.319 e. The zero-order valence-electron chi connectivity index (χ0n) is 12.8. The Morgan fingerprint density at radius 2 is 1.91 bits per heavy atom. The molecular formula is C17H19FN2O3. The Balaban J connectivity index is 1.92. The van der Waals surface area contributed by atoms with Crippen molar-refractivity contribution in [1.29, 1.82) is 0 Å². The molecule has 1 atom stereocenters. The van der Waals surface area contributed by atoms with Gasteiger partial charge in [0.25, 0.3) is 0 Å². The summed E-state index contributed by atoms with van der Waals surface area (Å²) in [6, 6.07) is 12.4. The molecule has 0 radical (unpaired) electrons. The van der Waals surface area contributed by atoms with Gasteiger partial charge in [0.1, 0.15) is 11.6 Å². The molecule has 1 unspecified atom stereocenters. The number of para-hydroxylation sites is 2. The number of anilines is 1. The van der Waals surface area contributed by atoms with Crippen LogP contribution in [-0.2, 0) is 0 Å². The molecule has 0 bridgehead atoms. The molecule has 2 amide bonds. The SMILES string of the molecule is CCOc1ccccc1NC(=O)NCC(O)c1ccccc1F. The van der Waals surface area contributed by atoms with Gasteiger partial charge in [0, 0.05) is 12.1 Å². The molecule has 0 aliphatic carbocycles. The Hall–Kier alpha value is -2.60. The highest BCUT2D eigenvalue weighted by Crippen LogP contribution is 2.23. The van der Waals surface area contributed by atoms with Crippen molar-refractivity contribution in [3.63, 3.8) is 0 Å². The lowest BCUT2D eigenvalue weighted by Crippen LogP contribution is -2.32. The predicted molar refractivity (Wildman–Crippen MR) is 86.0 cm³/mol. The Labute approximate surface area is 134 Å². The van der Waals surface area contributed by atoms with Crippen molar-refractivity contribution in [2.75, 3.05) is 18.5 Å². The maximum atomic E-state index is 13.5. The van der Waals surface area contributed by atoms with E-state index in [4.69, 9.17) is 4.74 Å². The summed E-state index contributed by atoms with van der Waals surface area (Å²) in [5, 5.41) is 15.1. The average Bonchev–Trinajstić information content (AvgIpc) is 2.55. The van der Waals surface area contributed by atoms with E-state index in [2.05, 4.69) is 10.6 Å². The zero-order valence-corrected chi connectivity index (χ0v) is 12.8. The number of carbonyl (C=O) groups is 1. The first-order chi connectivity index (χ1) is 11.1. The number of amides is 2. The van der Waals surface area contributed by atoms with Crippen molar-refractivity contribution < 1.29 is 19.0 Å². The summed E-state index contributed by atoms with van der Waals surface area (Å²) in [6.07, 6.45) is -1.12. The highest BCUT2D eigenvalue weighted by Gasteiger charge is 2.14. The van der Waals surface area contributed by atoms with Gasteiger partial charge in [-0.05, 0) is 25.1 Å². The van der Waals surface area contributed by atoms with Crippen molar-refractivity contribution in [2.45, 2.75) is 13.0 Å². The number of carbonyl (C=O) groups excluding carboxylic acids is 1. The van der Waals surface area contributed by atoms with E-state index in [1.165, 1.54) is 18.2 Å². The molecule has 0 aliphatic heterocycles. The van der Waals surface area contributed by atoms with Crippen molar-refractivity contribution in [1.82, 2.24) is 5.32 Å². The smallest absolute Gasteiger partial charge is 0.319 e. The van der Waals surface area contributed by atoms with Crippen LogP contribution >= 0.6 is 0 Å². The molecule has 3 N–H and O–H groups in total. The second kappa shape index (κ2) is 8.14. The van der Waals surface area contributed by atoms with Crippen molar-refractivity contribution >= 4 is 11.7 Å². The number of ether oxygens (including phenoxy) is 1. The first-order valence-electron chi connectivity index (χ1n) is 7.31. The largest absolute Gasteiger partial charge is 0.492 e. The van der Waals surface area contributed by atoms with Gasteiger partial charge >= 0.3 is 6.03 Å². The summed E-state index contributed by atoms with van der Waals surface area (Å²) >= 11 is 0. The Kier molecular flexibility index (Phi) is 5.94. The monoisotopic (exact) mass is 318 g/mol. The maximum absolute atomic E-state index is 13.5. The summed E-state index contributed by atoms with van der Waals surface area (Å²) in [5.41, 5.74) is 0.662. The third kappa shape index (κ3) is 4.69. The second-order valence-electron chi connectivity index (χ2n) is 4.80. The average molecular weight is 318 g/mol. The minimum atomic E-state index is -1.12. The predicted octanol–water partition coefficient (Wildman–Crippen LogP) is 3.08. The molecule has 0 spiro atoms. The van der Waals surface area contributed by atoms with Crippen LogP contribution in [0.2, 0.25) is 0 Å². The summed E-state index contributed by atoms with van der Waals surface area (Å²) in [6.45, 7) is 2.22. The number of halogens is 1. The lowest BCUT2D eigenvalue weighted by Gasteiger charge is -2.15. The molecule has 0 heterocycles. The first-order valence-corrected chi connectivity index (χ1v) is 7.31. The molecule has 0 aliphatic rings. The summed E-state index contributed by atoms with van der Waals surface area (Å²) < 4.78 is 19.0. The van der Waals surface area contributed by atoms with Gasteiger partial charge in [-0.15, -0.1) is 0 Å². The number of aliphatic hydroxyl groups is 1. The van der Waals surface area contributed by atoms with E-state index >= 15 is 0 Å². The van der Waals surface area contributed by atoms with Crippen LogP contribution in [-0.4, -0.2) is 24.3 Å². The molecule has 122 valence electrons. The fraction of sp³-hybridized carbons (Fsp3) is 0.235. The van der Waals surface area contributed by atoms with Gasteiger partial charge in [0.05, 0.1) is 18.4 Å². The number of hydrogen-bond acceptors (Lipinski definition) is 3. The lowest BCUT2D eigenvalue weighted by atomic mass is 10.1. The van der Waals surface area contributed by atoms with E-state index in [0.29, 0.717) is 18.0 Å². The van der Waals surface area contributed by atoms with Crippen LogP contribution in [0, 0.1) is 5.82 Å². The van der Waals surface area contributed by atoms with Crippen molar-refractivity contribution in [3.05, 3.63) is 59.9 Å². The van der Waals surface area contributed by atoms with Crippen molar-refractivity contribution in [3.8, 4) is 5.75 Å². The summed E-state index contributed by atoms with van der Waals surface area (Å²) in [7, 11) is 0. The first kappa shape index (κ1) is 16.8. The topological polar surface area (TPSA) is 70.6 Å². The molecule has 0 fully saturated rings. The minimum absolute atomic E-state index is 0.108.